The molecule has 0 saturated heterocycles. The van der Waals surface area contributed by atoms with Gasteiger partial charge in [0.05, 0.1) is 17.8 Å². The Morgan fingerprint density at radius 1 is 1.24 bits per heavy atom. The van der Waals surface area contributed by atoms with Gasteiger partial charge in [0.2, 0.25) is 0 Å². The summed E-state index contributed by atoms with van der Waals surface area (Å²) in [6.07, 6.45) is 2.68. The van der Waals surface area contributed by atoms with E-state index in [0.717, 1.165) is 0 Å². The van der Waals surface area contributed by atoms with Gasteiger partial charge in [0.1, 0.15) is 5.70 Å². The molecule has 0 spiro atoms. The molecule has 9 nitrogen and oxygen atoms in total. The fourth-order valence-electron chi connectivity index (χ4n) is 1.87. The number of carbonyl (C=O) groups excluding carboxylic acids is 2. The molecule has 25 heavy (non-hydrogen) atoms. The summed E-state index contributed by atoms with van der Waals surface area (Å²) in [6.45, 7) is -0.254. The first kappa shape index (κ1) is 17.9. The average Bonchev–Trinajstić information content (AvgIpc) is 3.14. The highest BCUT2D eigenvalue weighted by atomic mass is 16.6. The molecule has 1 heterocycles. The maximum Gasteiger partial charge on any atom is 0.291 e. The van der Waals surface area contributed by atoms with E-state index >= 15 is 0 Å². The molecule has 2 amide bonds. The van der Waals surface area contributed by atoms with Crippen LogP contribution in [0, 0.1) is 10.1 Å². The van der Waals surface area contributed by atoms with Gasteiger partial charge in [-0.15, -0.1) is 0 Å². The molecule has 0 fully saturated rings. The molecular weight excluding hydrogens is 330 g/mol. The topological polar surface area (TPSA) is 135 Å². The van der Waals surface area contributed by atoms with E-state index in [-0.39, 0.29) is 30.3 Å². The molecule has 1 aromatic carbocycles. The summed E-state index contributed by atoms with van der Waals surface area (Å²) in [5.74, 6) is -1.23. The molecular formula is C16H15N3O6. The lowest BCUT2D eigenvalue weighted by Gasteiger charge is -2.09. The van der Waals surface area contributed by atoms with Crippen molar-refractivity contribution in [2.75, 3.05) is 13.2 Å². The largest absolute Gasteiger partial charge is 0.459 e. The van der Waals surface area contributed by atoms with Crippen molar-refractivity contribution in [1.82, 2.24) is 10.6 Å². The van der Waals surface area contributed by atoms with E-state index < -0.39 is 16.7 Å². The second-order valence-corrected chi connectivity index (χ2v) is 4.82. The van der Waals surface area contributed by atoms with E-state index in [9.17, 15) is 19.7 Å². The molecule has 130 valence electrons. The van der Waals surface area contributed by atoms with Crippen LogP contribution in [0.15, 0.2) is 52.8 Å². The highest BCUT2D eigenvalue weighted by molar-refractivity contribution is 6.04. The Hall–Kier alpha value is -3.46. The maximum absolute atomic E-state index is 12.1. The van der Waals surface area contributed by atoms with Gasteiger partial charge in [0.25, 0.3) is 17.5 Å². The number of benzene rings is 1. The summed E-state index contributed by atoms with van der Waals surface area (Å²) in [5.41, 5.74) is 0.284. The van der Waals surface area contributed by atoms with Crippen molar-refractivity contribution in [3.8, 4) is 0 Å². The summed E-state index contributed by atoms with van der Waals surface area (Å²) in [4.78, 5) is 34.3. The smallest absolute Gasteiger partial charge is 0.291 e. The van der Waals surface area contributed by atoms with Crippen LogP contribution in [0.2, 0.25) is 0 Å². The fraction of sp³-hybridized carbons (Fsp3) is 0.125. The highest BCUT2D eigenvalue weighted by Crippen LogP contribution is 2.14. The average molecular weight is 345 g/mol. The van der Waals surface area contributed by atoms with Gasteiger partial charge in [-0.2, -0.15) is 0 Å². The lowest BCUT2D eigenvalue weighted by atomic mass is 10.1. The molecule has 1 aromatic heterocycles. The van der Waals surface area contributed by atoms with Gasteiger partial charge in [-0.3, -0.25) is 19.7 Å². The van der Waals surface area contributed by atoms with E-state index in [1.807, 2.05) is 0 Å². The zero-order valence-electron chi connectivity index (χ0n) is 13.0. The first-order chi connectivity index (χ1) is 12.0. The van der Waals surface area contributed by atoms with Crippen molar-refractivity contribution in [3.63, 3.8) is 0 Å². The minimum Gasteiger partial charge on any atom is -0.459 e. The SMILES string of the molecule is O=C(NCCO)/C(=C\c1ccc([N+](=O)[O-])cc1)NC(=O)c1ccco1. The molecule has 0 atom stereocenters. The number of nitro benzene ring substituents is 1. The van der Waals surface area contributed by atoms with Crippen LogP contribution in [0.3, 0.4) is 0 Å². The number of carbonyl (C=O) groups is 2. The van der Waals surface area contributed by atoms with Crippen LogP contribution in [0.5, 0.6) is 0 Å². The number of aliphatic hydroxyl groups excluding tert-OH is 1. The minimum atomic E-state index is -0.627. The number of rotatable bonds is 7. The van der Waals surface area contributed by atoms with Crippen LogP contribution >= 0.6 is 0 Å². The van der Waals surface area contributed by atoms with Gasteiger partial charge < -0.3 is 20.2 Å². The predicted octanol–water partition coefficient (Wildman–Crippen LogP) is 1.07. The fourth-order valence-corrected chi connectivity index (χ4v) is 1.87. The van der Waals surface area contributed by atoms with Crippen LogP contribution in [-0.2, 0) is 4.79 Å². The Labute approximate surface area is 142 Å². The third-order valence-electron chi connectivity index (χ3n) is 3.05. The molecule has 0 radical (unpaired) electrons. The predicted molar refractivity (Wildman–Crippen MR) is 87.3 cm³/mol. The number of non-ortho nitro benzene ring substituents is 1. The number of furan rings is 1. The number of amides is 2. The Morgan fingerprint density at radius 2 is 1.96 bits per heavy atom. The van der Waals surface area contributed by atoms with Crippen molar-refractivity contribution in [2.24, 2.45) is 0 Å². The number of nitrogens with zero attached hydrogens (tertiary/aromatic N) is 1. The van der Waals surface area contributed by atoms with E-state index in [4.69, 9.17) is 9.52 Å². The Balaban J connectivity index is 2.24. The van der Waals surface area contributed by atoms with Gasteiger partial charge >= 0.3 is 0 Å². The second-order valence-electron chi connectivity index (χ2n) is 4.82. The van der Waals surface area contributed by atoms with E-state index in [1.54, 1.807) is 0 Å². The van der Waals surface area contributed by atoms with Crippen molar-refractivity contribution in [1.29, 1.82) is 0 Å². The Morgan fingerprint density at radius 3 is 2.52 bits per heavy atom. The number of hydrogen-bond donors (Lipinski definition) is 3. The van der Waals surface area contributed by atoms with Gasteiger partial charge in [0.15, 0.2) is 5.76 Å². The summed E-state index contributed by atoms with van der Waals surface area (Å²) in [6, 6.07) is 8.41. The molecule has 0 aliphatic carbocycles. The quantitative estimate of drug-likeness (QED) is 0.390. The van der Waals surface area contributed by atoms with Gasteiger partial charge in [-0.25, -0.2) is 0 Å². The van der Waals surface area contributed by atoms with Crippen molar-refractivity contribution in [3.05, 3.63) is 69.8 Å². The van der Waals surface area contributed by atoms with E-state index in [1.165, 1.54) is 48.7 Å². The van der Waals surface area contributed by atoms with Crippen molar-refractivity contribution >= 4 is 23.6 Å². The lowest BCUT2D eigenvalue weighted by molar-refractivity contribution is -0.384. The van der Waals surface area contributed by atoms with Gasteiger partial charge in [-0.1, -0.05) is 0 Å². The van der Waals surface area contributed by atoms with Crippen molar-refractivity contribution < 1.29 is 24.0 Å². The van der Waals surface area contributed by atoms with Crippen LogP contribution in [-0.4, -0.2) is 35.0 Å². The molecule has 2 rings (SSSR count). The molecule has 3 N–H and O–H groups in total. The van der Waals surface area contributed by atoms with Crippen LogP contribution in [0.1, 0.15) is 16.1 Å². The second kappa shape index (κ2) is 8.41. The first-order valence-corrected chi connectivity index (χ1v) is 7.21. The Kier molecular flexibility index (Phi) is 6.02. The summed E-state index contributed by atoms with van der Waals surface area (Å²) in [5, 5.41) is 24.3. The minimum absolute atomic E-state index is 0.00700. The third-order valence-corrected chi connectivity index (χ3v) is 3.05. The van der Waals surface area contributed by atoms with E-state index in [0.29, 0.717) is 5.56 Å². The van der Waals surface area contributed by atoms with Crippen LogP contribution in [0.25, 0.3) is 6.08 Å². The molecule has 0 bridgehead atoms. The van der Waals surface area contributed by atoms with Gasteiger partial charge in [-0.05, 0) is 35.9 Å². The summed E-state index contributed by atoms with van der Waals surface area (Å²) < 4.78 is 4.96. The van der Waals surface area contributed by atoms with Crippen LogP contribution < -0.4 is 10.6 Å². The maximum atomic E-state index is 12.1. The standard InChI is InChI=1S/C16H15N3O6/c20-8-7-17-15(21)13(18-16(22)14-2-1-9-25-14)10-11-3-5-12(6-4-11)19(23)24/h1-6,9-10,20H,7-8H2,(H,17,21)(H,18,22)/b13-10+. The third kappa shape index (κ3) is 5.01. The molecule has 0 aliphatic heterocycles. The zero-order valence-corrected chi connectivity index (χ0v) is 13.0. The molecule has 0 saturated carbocycles. The van der Waals surface area contributed by atoms with E-state index in [2.05, 4.69) is 10.6 Å². The normalized spacial score (nSPS) is 11.0. The number of aliphatic hydroxyl groups is 1. The number of nitrogens with one attached hydrogen (secondary N) is 2. The molecule has 0 aliphatic rings. The molecule has 9 heteroatoms. The Bertz CT molecular complexity index is 781. The monoisotopic (exact) mass is 345 g/mol. The number of hydrogen-bond acceptors (Lipinski definition) is 6. The van der Waals surface area contributed by atoms with Crippen molar-refractivity contribution in [2.45, 2.75) is 0 Å². The number of nitro groups is 1. The summed E-state index contributed by atoms with van der Waals surface area (Å²) >= 11 is 0. The van der Waals surface area contributed by atoms with Gasteiger partial charge in [0, 0.05) is 18.7 Å². The first-order valence-electron chi connectivity index (χ1n) is 7.21. The van der Waals surface area contributed by atoms with Crippen LogP contribution in [0.4, 0.5) is 5.69 Å². The summed E-state index contributed by atoms with van der Waals surface area (Å²) in [7, 11) is 0. The zero-order chi connectivity index (χ0) is 18.2. The lowest BCUT2D eigenvalue weighted by Crippen LogP contribution is -2.36. The molecule has 0 unspecified atom stereocenters. The molecule has 2 aromatic rings. The highest BCUT2D eigenvalue weighted by Gasteiger charge is 2.16.